The maximum Gasteiger partial charge on any atom is 0.318 e. The average molecular weight is 365 g/mol. The van der Waals surface area contributed by atoms with E-state index >= 15 is 0 Å². The fraction of sp³-hybridized carbons (Fsp3) is 0.400. The van der Waals surface area contributed by atoms with Crippen molar-refractivity contribution in [1.29, 1.82) is 0 Å². The second-order valence-electron chi connectivity index (χ2n) is 5.65. The van der Waals surface area contributed by atoms with Crippen LogP contribution in [0.15, 0.2) is 22.7 Å². The van der Waals surface area contributed by atoms with Gasteiger partial charge in [0.25, 0.3) is 0 Å². The van der Waals surface area contributed by atoms with Crippen LogP contribution in [-0.2, 0) is 9.59 Å². The lowest BCUT2D eigenvalue weighted by Crippen LogP contribution is -2.47. The number of hydrogen-bond acceptors (Lipinski definition) is 7. The fourth-order valence-corrected chi connectivity index (χ4v) is 2.61. The third-order valence-corrected chi connectivity index (χ3v) is 4.01. The zero-order valence-corrected chi connectivity index (χ0v) is 14.3. The van der Waals surface area contributed by atoms with E-state index in [0.717, 1.165) is 0 Å². The molecule has 0 saturated carbocycles. The summed E-state index contributed by atoms with van der Waals surface area (Å²) in [6, 6.07) is 3.50. The predicted molar refractivity (Wildman–Crippen MR) is 90.3 cm³/mol. The number of nitrogens with one attached hydrogen (secondary N) is 2. The van der Waals surface area contributed by atoms with E-state index in [1.165, 1.54) is 12.3 Å². The lowest BCUT2D eigenvalue weighted by molar-refractivity contribution is -0.136. The van der Waals surface area contributed by atoms with Crippen LogP contribution >= 0.6 is 11.6 Å². The van der Waals surface area contributed by atoms with E-state index in [1.807, 2.05) is 4.90 Å². The van der Waals surface area contributed by atoms with Crippen molar-refractivity contribution in [3.05, 3.63) is 29.2 Å². The zero-order valence-electron chi connectivity index (χ0n) is 13.5. The molecule has 0 aromatic carbocycles. The van der Waals surface area contributed by atoms with Gasteiger partial charge in [-0.1, -0.05) is 16.7 Å². The van der Waals surface area contributed by atoms with Gasteiger partial charge in [0.15, 0.2) is 0 Å². The van der Waals surface area contributed by atoms with E-state index in [9.17, 15) is 9.59 Å². The van der Waals surface area contributed by atoms with E-state index in [1.54, 1.807) is 13.0 Å². The van der Waals surface area contributed by atoms with Gasteiger partial charge in [0.2, 0.25) is 5.89 Å². The normalized spacial score (nSPS) is 15.0. The molecule has 0 bridgehead atoms. The second kappa shape index (κ2) is 7.47. The number of pyridine rings is 1. The molecular formula is C15H17ClN6O3. The molecule has 0 unspecified atom stereocenters. The van der Waals surface area contributed by atoms with Crippen LogP contribution in [0.5, 0.6) is 0 Å². The highest BCUT2D eigenvalue weighted by molar-refractivity contribution is 6.39. The minimum atomic E-state index is -0.759. The summed E-state index contributed by atoms with van der Waals surface area (Å²) in [5.41, 5.74) is 0. The maximum atomic E-state index is 12.0. The first-order valence-electron chi connectivity index (χ1n) is 7.80. The number of hydrogen-bond donors (Lipinski definition) is 2. The number of aromatic nitrogens is 3. The number of carbonyl (C=O) groups is 2. The topological polar surface area (TPSA) is 113 Å². The Morgan fingerprint density at radius 1 is 1.24 bits per heavy atom. The lowest BCUT2D eigenvalue weighted by Gasteiger charge is -2.30. The number of amides is 2. The summed E-state index contributed by atoms with van der Waals surface area (Å²) in [5.74, 6) is -0.669. The van der Waals surface area contributed by atoms with Crippen LogP contribution < -0.4 is 15.5 Å². The van der Waals surface area contributed by atoms with E-state index in [2.05, 4.69) is 25.8 Å². The van der Waals surface area contributed by atoms with E-state index in [4.69, 9.17) is 16.0 Å². The van der Waals surface area contributed by atoms with E-state index in [0.29, 0.717) is 42.9 Å². The highest BCUT2D eigenvalue weighted by atomic mass is 35.5. The Labute approximate surface area is 148 Å². The van der Waals surface area contributed by atoms with Crippen molar-refractivity contribution in [3.8, 4) is 0 Å². The SMILES string of the molecule is Cc1nnc(N2CCC(NC(=O)C(=O)Nc3ccc(Cl)cn3)CC2)o1. The average Bonchev–Trinajstić information content (AvgIpc) is 3.04. The number of nitrogens with zero attached hydrogens (tertiary/aromatic N) is 4. The molecule has 10 heteroatoms. The molecule has 1 fully saturated rings. The van der Waals surface area contributed by atoms with Gasteiger partial charge < -0.3 is 20.0 Å². The molecule has 2 aromatic rings. The number of anilines is 2. The van der Waals surface area contributed by atoms with Crippen molar-refractivity contribution in [2.45, 2.75) is 25.8 Å². The number of carbonyl (C=O) groups excluding carboxylic acids is 2. The van der Waals surface area contributed by atoms with Crippen LogP contribution in [-0.4, -0.2) is 46.1 Å². The number of halogens is 1. The second-order valence-corrected chi connectivity index (χ2v) is 6.09. The van der Waals surface area contributed by atoms with Crippen LogP contribution in [0.2, 0.25) is 5.02 Å². The molecule has 0 aliphatic carbocycles. The summed E-state index contributed by atoms with van der Waals surface area (Å²) in [6.45, 7) is 3.05. The largest absolute Gasteiger partial charge is 0.408 e. The third kappa shape index (κ3) is 4.44. The summed E-state index contributed by atoms with van der Waals surface area (Å²) < 4.78 is 5.39. The first kappa shape index (κ1) is 17.2. The molecular weight excluding hydrogens is 348 g/mol. The molecule has 1 aliphatic rings. The molecule has 9 nitrogen and oxygen atoms in total. The Morgan fingerprint density at radius 3 is 2.60 bits per heavy atom. The van der Waals surface area contributed by atoms with Gasteiger partial charge in [-0.15, -0.1) is 5.10 Å². The Balaban J connectivity index is 1.47. The van der Waals surface area contributed by atoms with Crippen LogP contribution in [0.1, 0.15) is 18.7 Å². The first-order chi connectivity index (χ1) is 12.0. The Kier molecular flexibility index (Phi) is 5.13. The molecule has 3 heterocycles. The van der Waals surface area contributed by atoms with Gasteiger partial charge in [0.05, 0.1) is 5.02 Å². The lowest BCUT2D eigenvalue weighted by atomic mass is 10.1. The standard InChI is InChI=1S/C15H17ClN6O3/c1-9-20-21-15(25-9)22-6-4-11(5-7-22)18-13(23)14(24)19-12-3-2-10(16)8-17-12/h2-3,8,11H,4-7H2,1H3,(H,18,23)(H,17,19,24). The molecule has 0 spiro atoms. The summed E-state index contributed by atoms with van der Waals surface area (Å²) in [6.07, 6.45) is 2.75. The van der Waals surface area contributed by atoms with Crippen LogP contribution in [0.4, 0.5) is 11.8 Å². The third-order valence-electron chi connectivity index (χ3n) is 3.79. The zero-order chi connectivity index (χ0) is 17.8. The van der Waals surface area contributed by atoms with Gasteiger partial charge in [-0.2, -0.15) is 0 Å². The number of piperidine rings is 1. The minimum Gasteiger partial charge on any atom is -0.408 e. The van der Waals surface area contributed by atoms with Crippen molar-refractivity contribution in [2.24, 2.45) is 0 Å². The summed E-state index contributed by atoms with van der Waals surface area (Å²) in [4.78, 5) is 29.8. The van der Waals surface area contributed by atoms with Gasteiger partial charge in [0, 0.05) is 32.3 Å². The van der Waals surface area contributed by atoms with Crippen LogP contribution in [0, 0.1) is 6.92 Å². The molecule has 2 N–H and O–H groups in total. The molecule has 0 atom stereocenters. The highest BCUT2D eigenvalue weighted by Crippen LogP contribution is 2.18. The molecule has 1 saturated heterocycles. The molecule has 1 aliphatic heterocycles. The molecule has 25 heavy (non-hydrogen) atoms. The fourth-order valence-electron chi connectivity index (χ4n) is 2.50. The molecule has 2 amide bonds. The van der Waals surface area contributed by atoms with Crippen molar-refractivity contribution in [3.63, 3.8) is 0 Å². The van der Waals surface area contributed by atoms with E-state index < -0.39 is 11.8 Å². The van der Waals surface area contributed by atoms with Gasteiger partial charge >= 0.3 is 17.8 Å². The van der Waals surface area contributed by atoms with Crippen LogP contribution in [0.25, 0.3) is 0 Å². The molecule has 3 rings (SSSR count). The van der Waals surface area contributed by atoms with Gasteiger partial charge in [-0.25, -0.2) is 4.98 Å². The highest BCUT2D eigenvalue weighted by Gasteiger charge is 2.25. The Hall–Kier alpha value is -2.68. The molecule has 2 aromatic heterocycles. The van der Waals surface area contributed by atoms with Crippen molar-refractivity contribution in [2.75, 3.05) is 23.3 Å². The van der Waals surface area contributed by atoms with Gasteiger partial charge in [-0.3, -0.25) is 9.59 Å². The van der Waals surface area contributed by atoms with Gasteiger partial charge in [-0.05, 0) is 25.0 Å². The van der Waals surface area contributed by atoms with E-state index in [-0.39, 0.29) is 11.9 Å². The summed E-state index contributed by atoms with van der Waals surface area (Å²) in [7, 11) is 0. The predicted octanol–water partition coefficient (Wildman–Crippen LogP) is 1.15. The maximum absolute atomic E-state index is 12.0. The summed E-state index contributed by atoms with van der Waals surface area (Å²) in [5, 5.41) is 13.4. The Bertz CT molecular complexity index is 755. The summed E-state index contributed by atoms with van der Waals surface area (Å²) >= 11 is 5.72. The van der Waals surface area contributed by atoms with Crippen molar-refractivity contribution in [1.82, 2.24) is 20.5 Å². The van der Waals surface area contributed by atoms with Crippen molar-refractivity contribution < 1.29 is 14.0 Å². The monoisotopic (exact) mass is 364 g/mol. The number of rotatable bonds is 3. The van der Waals surface area contributed by atoms with Gasteiger partial charge in [0.1, 0.15) is 5.82 Å². The van der Waals surface area contributed by atoms with Crippen LogP contribution in [0.3, 0.4) is 0 Å². The minimum absolute atomic E-state index is 0.0864. The van der Waals surface area contributed by atoms with Crippen molar-refractivity contribution >= 4 is 35.2 Å². The molecule has 0 radical (unpaired) electrons. The quantitative estimate of drug-likeness (QED) is 0.785. The smallest absolute Gasteiger partial charge is 0.318 e. The molecule has 132 valence electrons. The Morgan fingerprint density at radius 2 is 2.00 bits per heavy atom. The first-order valence-corrected chi connectivity index (χ1v) is 8.17. The number of aryl methyl sites for hydroxylation is 1.